The Labute approximate surface area is 257 Å². The SMILES string of the molecule is C1=CCC(c2ccc(-n3c4ccccc4c4cc(-c5ccc6c(c5)c5ccccc5n6-c5ccccc5)ccc43)cc2)CC1. The lowest BCUT2D eigenvalue weighted by Crippen LogP contribution is -2.01. The van der Waals surface area contributed by atoms with Crippen LogP contribution in [0.3, 0.4) is 0 Å². The molecule has 1 unspecified atom stereocenters. The van der Waals surface area contributed by atoms with E-state index in [1.807, 2.05) is 0 Å². The number of hydrogen-bond acceptors (Lipinski definition) is 0. The van der Waals surface area contributed by atoms with E-state index < -0.39 is 0 Å². The Morgan fingerprint density at radius 2 is 0.955 bits per heavy atom. The van der Waals surface area contributed by atoms with Crippen LogP contribution in [0.15, 0.2) is 152 Å². The minimum atomic E-state index is 0.633. The van der Waals surface area contributed by atoms with Crippen molar-refractivity contribution in [2.45, 2.75) is 25.2 Å². The molecule has 0 bridgehead atoms. The third-order valence-corrected chi connectivity index (χ3v) is 9.58. The maximum absolute atomic E-state index is 2.43. The van der Waals surface area contributed by atoms with Gasteiger partial charge in [-0.25, -0.2) is 0 Å². The molecule has 0 saturated carbocycles. The van der Waals surface area contributed by atoms with Crippen LogP contribution >= 0.6 is 0 Å². The maximum atomic E-state index is 2.43. The molecule has 0 amide bonds. The van der Waals surface area contributed by atoms with Gasteiger partial charge in [0.25, 0.3) is 0 Å². The lowest BCUT2D eigenvalue weighted by atomic mass is 9.88. The summed E-state index contributed by atoms with van der Waals surface area (Å²) in [6, 6.07) is 51.4. The Hall–Kier alpha value is -5.34. The summed E-state index contributed by atoms with van der Waals surface area (Å²) in [6.07, 6.45) is 8.23. The standard InChI is InChI=1S/C42H32N2/c1-3-11-29(12-4-1)30-19-23-34(24-20-30)44-40-18-10-8-16-36(40)38-28-32(22-26-42(38)44)31-21-25-41-37(27-31)35-15-7-9-17-39(35)43(41)33-13-5-2-6-14-33/h1-3,5-10,13-29H,4,11-12H2. The molecule has 0 saturated heterocycles. The summed E-state index contributed by atoms with van der Waals surface area (Å²) in [4.78, 5) is 0. The van der Waals surface area contributed by atoms with Gasteiger partial charge in [0, 0.05) is 32.9 Å². The number of benzene rings is 6. The molecule has 2 aromatic heterocycles. The Bertz CT molecular complexity index is 2350. The van der Waals surface area contributed by atoms with Gasteiger partial charge in [-0.2, -0.15) is 0 Å². The molecule has 0 N–H and O–H groups in total. The number of hydrogen-bond donors (Lipinski definition) is 0. The third kappa shape index (κ3) is 3.95. The van der Waals surface area contributed by atoms with Crippen molar-refractivity contribution in [1.82, 2.24) is 9.13 Å². The molecular weight excluding hydrogens is 532 g/mol. The fraction of sp³-hybridized carbons (Fsp3) is 0.0952. The van der Waals surface area contributed by atoms with E-state index >= 15 is 0 Å². The second-order valence-electron chi connectivity index (χ2n) is 12.1. The highest BCUT2D eigenvalue weighted by atomic mass is 15.0. The second kappa shape index (κ2) is 10.1. The molecule has 0 fully saturated rings. The first kappa shape index (κ1) is 25.2. The fourth-order valence-electron chi connectivity index (χ4n) is 7.43. The molecule has 2 heteroatoms. The summed E-state index contributed by atoms with van der Waals surface area (Å²) in [5.41, 5.74) is 11.3. The van der Waals surface area contributed by atoms with Gasteiger partial charge in [0.1, 0.15) is 0 Å². The Kier molecular flexibility index (Phi) is 5.80. The van der Waals surface area contributed by atoms with Crippen molar-refractivity contribution in [3.8, 4) is 22.5 Å². The highest BCUT2D eigenvalue weighted by Gasteiger charge is 2.17. The highest BCUT2D eigenvalue weighted by Crippen LogP contribution is 2.38. The zero-order valence-corrected chi connectivity index (χ0v) is 24.5. The third-order valence-electron chi connectivity index (χ3n) is 9.58. The number of nitrogens with zero attached hydrogens (tertiary/aromatic N) is 2. The van der Waals surface area contributed by atoms with Gasteiger partial charge in [-0.1, -0.05) is 91.0 Å². The van der Waals surface area contributed by atoms with E-state index in [1.165, 1.54) is 84.5 Å². The lowest BCUT2D eigenvalue weighted by Gasteiger charge is -2.18. The van der Waals surface area contributed by atoms with Gasteiger partial charge >= 0.3 is 0 Å². The summed E-state index contributed by atoms with van der Waals surface area (Å²) in [5.74, 6) is 0.633. The lowest BCUT2D eigenvalue weighted by molar-refractivity contribution is 0.617. The van der Waals surface area contributed by atoms with Gasteiger partial charge in [-0.3, -0.25) is 0 Å². The van der Waals surface area contributed by atoms with Crippen molar-refractivity contribution in [2.75, 3.05) is 0 Å². The quantitative estimate of drug-likeness (QED) is 0.188. The van der Waals surface area contributed by atoms with Crippen molar-refractivity contribution in [2.24, 2.45) is 0 Å². The molecule has 9 rings (SSSR count). The smallest absolute Gasteiger partial charge is 0.0541 e. The number of allylic oxidation sites excluding steroid dienone is 2. The molecule has 44 heavy (non-hydrogen) atoms. The Morgan fingerprint density at radius 1 is 0.432 bits per heavy atom. The number of para-hydroxylation sites is 3. The van der Waals surface area contributed by atoms with E-state index in [0.717, 1.165) is 6.42 Å². The number of fused-ring (bicyclic) bond motifs is 6. The van der Waals surface area contributed by atoms with Crippen LogP contribution in [0.4, 0.5) is 0 Å². The Morgan fingerprint density at radius 3 is 1.52 bits per heavy atom. The molecule has 2 nitrogen and oxygen atoms in total. The van der Waals surface area contributed by atoms with Gasteiger partial charge < -0.3 is 9.13 Å². The van der Waals surface area contributed by atoms with Crippen LogP contribution in [-0.2, 0) is 0 Å². The molecule has 0 aliphatic heterocycles. The summed E-state index contributed by atoms with van der Waals surface area (Å²) in [5, 5.41) is 5.12. The van der Waals surface area contributed by atoms with Crippen molar-refractivity contribution in [3.63, 3.8) is 0 Å². The summed E-state index contributed by atoms with van der Waals surface area (Å²) in [6.45, 7) is 0. The van der Waals surface area contributed by atoms with Gasteiger partial charge in [-0.05, 0) is 103 Å². The van der Waals surface area contributed by atoms with Crippen molar-refractivity contribution >= 4 is 43.6 Å². The van der Waals surface area contributed by atoms with Gasteiger partial charge in [-0.15, -0.1) is 0 Å². The second-order valence-corrected chi connectivity index (χ2v) is 12.1. The largest absolute Gasteiger partial charge is 0.309 e. The first-order chi connectivity index (χ1) is 21.8. The molecule has 8 aromatic rings. The van der Waals surface area contributed by atoms with E-state index in [0.29, 0.717) is 5.92 Å². The van der Waals surface area contributed by atoms with Gasteiger partial charge in [0.2, 0.25) is 0 Å². The first-order valence-electron chi connectivity index (χ1n) is 15.7. The minimum absolute atomic E-state index is 0.633. The topological polar surface area (TPSA) is 9.86 Å². The molecule has 2 heterocycles. The normalized spacial score (nSPS) is 15.1. The van der Waals surface area contributed by atoms with E-state index in [4.69, 9.17) is 0 Å². The molecule has 210 valence electrons. The molecule has 1 aliphatic carbocycles. The number of aromatic nitrogens is 2. The first-order valence-corrected chi connectivity index (χ1v) is 15.7. The average molecular weight is 565 g/mol. The Balaban J connectivity index is 1.18. The minimum Gasteiger partial charge on any atom is -0.309 e. The van der Waals surface area contributed by atoms with Crippen LogP contribution in [0.5, 0.6) is 0 Å². The highest BCUT2D eigenvalue weighted by molar-refractivity contribution is 6.12. The predicted octanol–water partition coefficient (Wildman–Crippen LogP) is 11.4. The molecular formula is C42H32N2. The molecule has 1 atom stereocenters. The van der Waals surface area contributed by atoms with Gasteiger partial charge in [0.15, 0.2) is 0 Å². The molecule has 1 aliphatic rings. The summed E-state index contributed by atoms with van der Waals surface area (Å²) >= 11 is 0. The molecule has 0 spiro atoms. The van der Waals surface area contributed by atoms with Crippen LogP contribution in [0.25, 0.3) is 66.1 Å². The van der Waals surface area contributed by atoms with Crippen LogP contribution in [0.2, 0.25) is 0 Å². The van der Waals surface area contributed by atoms with Crippen molar-refractivity contribution in [1.29, 1.82) is 0 Å². The van der Waals surface area contributed by atoms with Gasteiger partial charge in [0.05, 0.1) is 22.1 Å². The van der Waals surface area contributed by atoms with Crippen LogP contribution in [0.1, 0.15) is 30.7 Å². The average Bonchev–Trinajstić information content (AvgIpc) is 3.61. The predicted molar refractivity (Wildman–Crippen MR) is 186 cm³/mol. The van der Waals surface area contributed by atoms with Crippen LogP contribution in [0, 0.1) is 0 Å². The fourth-order valence-corrected chi connectivity index (χ4v) is 7.43. The summed E-state index contributed by atoms with van der Waals surface area (Å²) in [7, 11) is 0. The zero-order chi connectivity index (χ0) is 29.0. The van der Waals surface area contributed by atoms with Crippen molar-refractivity contribution in [3.05, 3.63) is 157 Å². The van der Waals surface area contributed by atoms with E-state index in [2.05, 4.69) is 161 Å². The molecule has 6 aromatic carbocycles. The van der Waals surface area contributed by atoms with E-state index in [-0.39, 0.29) is 0 Å². The monoisotopic (exact) mass is 564 g/mol. The van der Waals surface area contributed by atoms with E-state index in [1.54, 1.807) is 0 Å². The van der Waals surface area contributed by atoms with Crippen LogP contribution in [-0.4, -0.2) is 9.13 Å². The number of rotatable bonds is 4. The summed E-state index contributed by atoms with van der Waals surface area (Å²) < 4.78 is 4.80. The maximum Gasteiger partial charge on any atom is 0.0541 e. The zero-order valence-electron chi connectivity index (χ0n) is 24.5. The molecule has 0 radical (unpaired) electrons. The van der Waals surface area contributed by atoms with E-state index in [9.17, 15) is 0 Å². The van der Waals surface area contributed by atoms with Crippen LogP contribution < -0.4 is 0 Å². The van der Waals surface area contributed by atoms with Crippen molar-refractivity contribution < 1.29 is 0 Å².